The van der Waals surface area contributed by atoms with Gasteiger partial charge in [-0.05, 0) is 23.7 Å². The Labute approximate surface area is 96.5 Å². The van der Waals surface area contributed by atoms with Crippen molar-refractivity contribution in [1.82, 2.24) is 19.9 Å². The SMILES string of the molecule is COc1ncccc1-c1nc(N)nc(Cl)n1. The molecule has 0 fully saturated rings. The highest BCUT2D eigenvalue weighted by molar-refractivity contribution is 6.28. The van der Waals surface area contributed by atoms with Crippen molar-refractivity contribution in [3.8, 4) is 17.3 Å². The zero-order chi connectivity index (χ0) is 11.5. The lowest BCUT2D eigenvalue weighted by molar-refractivity contribution is 0.399. The molecule has 0 radical (unpaired) electrons. The summed E-state index contributed by atoms with van der Waals surface area (Å²) in [5, 5.41) is 0.0356. The maximum absolute atomic E-state index is 5.69. The predicted octanol–water partition coefficient (Wildman–Crippen LogP) is 1.18. The average Bonchev–Trinajstić information content (AvgIpc) is 2.27. The van der Waals surface area contributed by atoms with Crippen molar-refractivity contribution < 1.29 is 4.74 Å². The lowest BCUT2D eigenvalue weighted by Gasteiger charge is -2.05. The third kappa shape index (κ3) is 2.01. The zero-order valence-corrected chi connectivity index (χ0v) is 9.14. The Hall–Kier alpha value is -1.95. The Kier molecular flexibility index (Phi) is 2.82. The summed E-state index contributed by atoms with van der Waals surface area (Å²) >= 11 is 5.69. The molecule has 0 saturated heterocycles. The van der Waals surface area contributed by atoms with Crippen molar-refractivity contribution >= 4 is 17.5 Å². The molecule has 0 aliphatic heterocycles. The van der Waals surface area contributed by atoms with Gasteiger partial charge in [0.1, 0.15) is 0 Å². The summed E-state index contributed by atoms with van der Waals surface area (Å²) in [4.78, 5) is 15.6. The maximum atomic E-state index is 5.69. The molecule has 7 heteroatoms. The highest BCUT2D eigenvalue weighted by Crippen LogP contribution is 2.25. The summed E-state index contributed by atoms with van der Waals surface area (Å²) in [6.45, 7) is 0. The van der Waals surface area contributed by atoms with Crippen LogP contribution >= 0.6 is 11.6 Å². The first-order chi connectivity index (χ1) is 7.70. The molecule has 16 heavy (non-hydrogen) atoms. The smallest absolute Gasteiger partial charge is 0.227 e. The van der Waals surface area contributed by atoms with E-state index in [4.69, 9.17) is 22.1 Å². The van der Waals surface area contributed by atoms with Gasteiger partial charge in [-0.3, -0.25) is 0 Å². The standard InChI is InChI=1S/C9H8ClN5O/c1-16-7-5(3-2-4-12-7)6-13-8(10)15-9(11)14-6/h2-4H,1H3,(H2,11,13,14,15). The minimum Gasteiger partial charge on any atom is -0.480 e. The quantitative estimate of drug-likeness (QED) is 0.844. The van der Waals surface area contributed by atoms with E-state index in [1.54, 1.807) is 18.3 Å². The minimum absolute atomic E-state index is 0.0356. The number of anilines is 1. The zero-order valence-electron chi connectivity index (χ0n) is 8.38. The van der Waals surface area contributed by atoms with E-state index in [2.05, 4.69) is 19.9 Å². The van der Waals surface area contributed by atoms with Gasteiger partial charge >= 0.3 is 0 Å². The van der Waals surface area contributed by atoms with Gasteiger partial charge in [0.15, 0.2) is 5.82 Å². The lowest BCUT2D eigenvalue weighted by Crippen LogP contribution is -2.01. The van der Waals surface area contributed by atoms with Crippen LogP contribution < -0.4 is 10.5 Å². The fraction of sp³-hybridized carbons (Fsp3) is 0.111. The molecule has 6 nitrogen and oxygen atoms in total. The second kappa shape index (κ2) is 4.28. The monoisotopic (exact) mass is 237 g/mol. The Bertz CT molecular complexity index is 499. The molecule has 2 N–H and O–H groups in total. The lowest BCUT2D eigenvalue weighted by atomic mass is 10.2. The molecule has 0 unspecified atom stereocenters. The molecule has 0 aliphatic carbocycles. The molecular formula is C9H8ClN5O. The van der Waals surface area contributed by atoms with Gasteiger partial charge in [-0.15, -0.1) is 0 Å². The average molecular weight is 238 g/mol. The van der Waals surface area contributed by atoms with Crippen LogP contribution in [0.5, 0.6) is 5.88 Å². The number of ether oxygens (including phenoxy) is 1. The summed E-state index contributed by atoms with van der Waals surface area (Å²) in [6, 6.07) is 3.50. The molecule has 2 heterocycles. The van der Waals surface area contributed by atoms with Crippen LogP contribution in [-0.2, 0) is 0 Å². The molecule has 82 valence electrons. The van der Waals surface area contributed by atoms with Gasteiger partial charge < -0.3 is 10.5 Å². The topological polar surface area (TPSA) is 86.8 Å². The van der Waals surface area contributed by atoms with Crippen LogP contribution in [0.15, 0.2) is 18.3 Å². The molecule has 0 saturated carbocycles. The number of halogens is 1. The van der Waals surface area contributed by atoms with Gasteiger partial charge in [-0.25, -0.2) is 4.98 Å². The molecule has 0 bridgehead atoms. The normalized spacial score (nSPS) is 10.1. The Morgan fingerprint density at radius 2 is 2.12 bits per heavy atom. The van der Waals surface area contributed by atoms with Crippen LogP contribution in [-0.4, -0.2) is 27.0 Å². The minimum atomic E-state index is 0.0356. The van der Waals surface area contributed by atoms with Crippen molar-refractivity contribution in [2.45, 2.75) is 0 Å². The van der Waals surface area contributed by atoms with E-state index in [1.807, 2.05) is 0 Å². The maximum Gasteiger partial charge on any atom is 0.227 e. The highest BCUT2D eigenvalue weighted by Gasteiger charge is 2.11. The third-order valence-corrected chi connectivity index (χ3v) is 2.00. The van der Waals surface area contributed by atoms with Crippen LogP contribution in [0.1, 0.15) is 0 Å². The first kappa shape index (κ1) is 10.6. The Morgan fingerprint density at radius 1 is 1.31 bits per heavy atom. The predicted molar refractivity (Wildman–Crippen MR) is 59.0 cm³/mol. The van der Waals surface area contributed by atoms with E-state index in [1.165, 1.54) is 7.11 Å². The van der Waals surface area contributed by atoms with Crippen LogP contribution in [0.3, 0.4) is 0 Å². The Balaban J connectivity index is 2.58. The van der Waals surface area contributed by atoms with E-state index < -0.39 is 0 Å². The molecular weight excluding hydrogens is 230 g/mol. The van der Waals surface area contributed by atoms with E-state index >= 15 is 0 Å². The number of methoxy groups -OCH3 is 1. The van der Waals surface area contributed by atoms with Gasteiger partial charge in [0.25, 0.3) is 0 Å². The number of nitrogen functional groups attached to an aromatic ring is 1. The first-order valence-electron chi connectivity index (χ1n) is 4.37. The van der Waals surface area contributed by atoms with E-state index in [9.17, 15) is 0 Å². The van der Waals surface area contributed by atoms with Gasteiger partial charge in [0.2, 0.25) is 17.1 Å². The van der Waals surface area contributed by atoms with Crippen molar-refractivity contribution in [1.29, 1.82) is 0 Å². The summed E-state index contributed by atoms with van der Waals surface area (Å²) in [5.74, 6) is 0.799. The third-order valence-electron chi connectivity index (χ3n) is 1.83. The molecule has 0 atom stereocenters. The molecule has 2 aromatic heterocycles. The molecule has 0 amide bonds. The highest BCUT2D eigenvalue weighted by atomic mass is 35.5. The van der Waals surface area contributed by atoms with Crippen molar-refractivity contribution in [2.24, 2.45) is 0 Å². The van der Waals surface area contributed by atoms with E-state index in [0.29, 0.717) is 17.3 Å². The van der Waals surface area contributed by atoms with Crippen LogP contribution in [0.2, 0.25) is 5.28 Å². The number of nitrogens with two attached hydrogens (primary N) is 1. The fourth-order valence-corrected chi connectivity index (χ4v) is 1.38. The summed E-state index contributed by atoms with van der Waals surface area (Å²) < 4.78 is 5.08. The molecule has 2 rings (SSSR count). The molecule has 2 aromatic rings. The van der Waals surface area contributed by atoms with Gasteiger partial charge in [-0.1, -0.05) is 0 Å². The van der Waals surface area contributed by atoms with E-state index in [0.717, 1.165) is 0 Å². The number of aromatic nitrogens is 4. The Morgan fingerprint density at radius 3 is 2.81 bits per heavy atom. The van der Waals surface area contributed by atoms with Gasteiger partial charge in [0.05, 0.1) is 12.7 Å². The fourth-order valence-electron chi connectivity index (χ4n) is 1.21. The number of hydrogen-bond donors (Lipinski definition) is 1. The second-order valence-corrected chi connectivity index (χ2v) is 3.18. The first-order valence-corrected chi connectivity index (χ1v) is 4.75. The summed E-state index contributed by atoms with van der Waals surface area (Å²) in [5.41, 5.74) is 6.09. The number of rotatable bonds is 2. The van der Waals surface area contributed by atoms with Crippen molar-refractivity contribution in [3.63, 3.8) is 0 Å². The van der Waals surface area contributed by atoms with Gasteiger partial charge in [-0.2, -0.15) is 15.0 Å². The summed E-state index contributed by atoms with van der Waals surface area (Å²) in [7, 11) is 1.51. The van der Waals surface area contributed by atoms with E-state index in [-0.39, 0.29) is 11.2 Å². The van der Waals surface area contributed by atoms with Crippen molar-refractivity contribution in [3.05, 3.63) is 23.6 Å². The van der Waals surface area contributed by atoms with Crippen molar-refractivity contribution in [2.75, 3.05) is 12.8 Å². The van der Waals surface area contributed by atoms with Gasteiger partial charge in [0, 0.05) is 6.20 Å². The van der Waals surface area contributed by atoms with Crippen LogP contribution in [0, 0.1) is 0 Å². The second-order valence-electron chi connectivity index (χ2n) is 2.85. The number of pyridine rings is 1. The largest absolute Gasteiger partial charge is 0.480 e. The number of hydrogen-bond acceptors (Lipinski definition) is 6. The van der Waals surface area contributed by atoms with Crippen LogP contribution in [0.4, 0.5) is 5.95 Å². The van der Waals surface area contributed by atoms with Crippen LogP contribution in [0.25, 0.3) is 11.4 Å². The summed E-state index contributed by atoms with van der Waals surface area (Å²) in [6.07, 6.45) is 1.61. The number of nitrogens with zero attached hydrogens (tertiary/aromatic N) is 4. The molecule has 0 aliphatic rings. The molecule has 0 aromatic carbocycles. The molecule has 0 spiro atoms.